The fraction of sp³-hybridized carbons (Fsp3) is 0.667. The van der Waals surface area contributed by atoms with E-state index in [0.717, 1.165) is 44.6 Å². The highest BCUT2D eigenvalue weighted by molar-refractivity contribution is 5.43. The number of hydrogen-bond acceptors (Lipinski definition) is 4. The fourth-order valence-electron chi connectivity index (χ4n) is 2.13. The van der Waals surface area contributed by atoms with E-state index < -0.39 is 0 Å². The second-order valence-corrected chi connectivity index (χ2v) is 4.38. The molecule has 0 spiro atoms. The minimum Gasteiger partial charge on any atom is -0.376 e. The average Bonchev–Trinajstić information content (AvgIpc) is 2.37. The molecule has 1 N–H and O–H groups in total. The molecular weight excluding hydrogens is 218 g/mol. The molecule has 1 fully saturated rings. The van der Waals surface area contributed by atoms with E-state index in [-0.39, 0.29) is 11.7 Å². The molecule has 1 aromatic rings. The second kappa shape index (κ2) is 5.82. The van der Waals surface area contributed by atoms with Gasteiger partial charge in [-0.2, -0.15) is 5.10 Å². The summed E-state index contributed by atoms with van der Waals surface area (Å²) in [5.41, 5.74) is 0.734. The number of nitrogens with zero attached hydrogens (tertiary/aromatic N) is 2. The summed E-state index contributed by atoms with van der Waals surface area (Å²) in [5, 5.41) is 6.22. The number of piperidine rings is 1. The molecule has 0 amide bonds. The Morgan fingerprint density at radius 2 is 2.53 bits per heavy atom. The fourth-order valence-corrected chi connectivity index (χ4v) is 2.13. The van der Waals surface area contributed by atoms with Crippen LogP contribution in [0.3, 0.4) is 0 Å². The van der Waals surface area contributed by atoms with Crippen molar-refractivity contribution < 1.29 is 4.74 Å². The minimum absolute atomic E-state index is 0.154. The largest absolute Gasteiger partial charge is 0.376 e. The first kappa shape index (κ1) is 12.1. The molecule has 0 aromatic carbocycles. The Hall–Kier alpha value is -1.36. The number of hydrogen-bond donors (Lipinski definition) is 1. The molecule has 1 aromatic heterocycles. The predicted octanol–water partition coefficient (Wildman–Crippen LogP) is 1.17. The average molecular weight is 237 g/mol. The van der Waals surface area contributed by atoms with Gasteiger partial charge in [0.2, 0.25) is 0 Å². The molecule has 0 radical (unpaired) electrons. The lowest BCUT2D eigenvalue weighted by molar-refractivity contribution is 0.0440. The van der Waals surface area contributed by atoms with Crippen LogP contribution in [0.4, 0.5) is 5.69 Å². The maximum atomic E-state index is 11.2. The Labute approximate surface area is 101 Å². The number of H-pyrrole nitrogens is 1. The molecule has 5 nitrogen and oxygen atoms in total. The molecule has 2 rings (SSSR count). The Balaban J connectivity index is 1.99. The summed E-state index contributed by atoms with van der Waals surface area (Å²) in [6, 6.07) is 1.59. The van der Waals surface area contributed by atoms with Crippen molar-refractivity contribution in [1.29, 1.82) is 0 Å². The lowest BCUT2D eigenvalue weighted by Crippen LogP contribution is -2.40. The lowest BCUT2D eigenvalue weighted by Gasteiger charge is -2.33. The van der Waals surface area contributed by atoms with E-state index in [9.17, 15) is 4.79 Å². The Kier molecular flexibility index (Phi) is 4.14. The SMILES string of the molecule is CCCOC1CCCN(c2cn[nH]c(=O)c2)C1. The molecule has 0 bridgehead atoms. The third-order valence-corrected chi connectivity index (χ3v) is 2.95. The zero-order valence-electron chi connectivity index (χ0n) is 10.2. The molecule has 94 valence electrons. The van der Waals surface area contributed by atoms with Crippen LogP contribution in [0.25, 0.3) is 0 Å². The lowest BCUT2D eigenvalue weighted by atomic mass is 10.1. The van der Waals surface area contributed by atoms with Crippen LogP contribution >= 0.6 is 0 Å². The van der Waals surface area contributed by atoms with Crippen LogP contribution in [0, 0.1) is 0 Å². The first-order valence-electron chi connectivity index (χ1n) is 6.21. The number of nitrogens with one attached hydrogen (secondary N) is 1. The summed E-state index contributed by atoms with van der Waals surface area (Å²) in [5.74, 6) is 0. The molecule has 2 heterocycles. The van der Waals surface area contributed by atoms with Gasteiger partial charge in [0.05, 0.1) is 18.0 Å². The van der Waals surface area contributed by atoms with Crippen molar-refractivity contribution >= 4 is 5.69 Å². The summed E-state index contributed by atoms with van der Waals surface area (Å²) in [6.45, 7) is 4.75. The highest BCUT2D eigenvalue weighted by atomic mass is 16.5. The quantitative estimate of drug-likeness (QED) is 0.854. The zero-order chi connectivity index (χ0) is 12.1. The molecule has 1 aliphatic heterocycles. The Morgan fingerprint density at radius 1 is 1.65 bits per heavy atom. The van der Waals surface area contributed by atoms with Gasteiger partial charge in [0, 0.05) is 25.8 Å². The van der Waals surface area contributed by atoms with Crippen LogP contribution in [0.5, 0.6) is 0 Å². The van der Waals surface area contributed by atoms with Crippen molar-refractivity contribution in [2.45, 2.75) is 32.3 Å². The predicted molar refractivity (Wildman–Crippen MR) is 66.3 cm³/mol. The number of aromatic nitrogens is 2. The van der Waals surface area contributed by atoms with Crippen LogP contribution in [0.1, 0.15) is 26.2 Å². The summed E-state index contributed by atoms with van der Waals surface area (Å²) in [7, 11) is 0. The van der Waals surface area contributed by atoms with Crippen molar-refractivity contribution in [3.05, 3.63) is 22.6 Å². The van der Waals surface area contributed by atoms with E-state index in [1.54, 1.807) is 12.3 Å². The van der Waals surface area contributed by atoms with E-state index in [1.165, 1.54) is 0 Å². The number of ether oxygens (including phenoxy) is 1. The monoisotopic (exact) mass is 237 g/mol. The van der Waals surface area contributed by atoms with Crippen molar-refractivity contribution in [2.75, 3.05) is 24.6 Å². The number of anilines is 1. The van der Waals surface area contributed by atoms with Crippen LogP contribution in [0.2, 0.25) is 0 Å². The third-order valence-electron chi connectivity index (χ3n) is 2.95. The van der Waals surface area contributed by atoms with Gasteiger partial charge in [0.25, 0.3) is 5.56 Å². The van der Waals surface area contributed by atoms with Crippen LogP contribution < -0.4 is 10.5 Å². The molecule has 1 atom stereocenters. The molecule has 0 saturated carbocycles. The normalized spacial score (nSPS) is 20.5. The first-order valence-corrected chi connectivity index (χ1v) is 6.21. The van der Waals surface area contributed by atoms with E-state index in [2.05, 4.69) is 22.0 Å². The standard InChI is InChI=1S/C12H19N3O2/c1-2-6-17-11-4-3-5-15(9-11)10-7-12(16)14-13-8-10/h7-8,11H,2-6,9H2,1H3,(H,14,16). The molecule has 17 heavy (non-hydrogen) atoms. The topological polar surface area (TPSA) is 58.2 Å². The summed E-state index contributed by atoms with van der Waals surface area (Å²) < 4.78 is 5.77. The maximum absolute atomic E-state index is 11.2. The Morgan fingerprint density at radius 3 is 3.29 bits per heavy atom. The minimum atomic E-state index is -0.154. The third kappa shape index (κ3) is 3.30. The smallest absolute Gasteiger partial charge is 0.266 e. The summed E-state index contributed by atoms with van der Waals surface area (Å²) >= 11 is 0. The van der Waals surface area contributed by atoms with E-state index in [4.69, 9.17) is 4.74 Å². The molecule has 1 aliphatic rings. The van der Waals surface area contributed by atoms with Gasteiger partial charge in [-0.1, -0.05) is 6.92 Å². The van der Waals surface area contributed by atoms with Crippen LogP contribution in [0.15, 0.2) is 17.1 Å². The van der Waals surface area contributed by atoms with Crippen molar-refractivity contribution in [3.63, 3.8) is 0 Å². The van der Waals surface area contributed by atoms with E-state index in [1.807, 2.05) is 0 Å². The molecule has 5 heteroatoms. The van der Waals surface area contributed by atoms with Gasteiger partial charge in [0.1, 0.15) is 0 Å². The molecule has 1 unspecified atom stereocenters. The van der Waals surface area contributed by atoms with Crippen molar-refractivity contribution in [1.82, 2.24) is 10.2 Å². The summed E-state index contributed by atoms with van der Waals surface area (Å²) in [6.07, 6.45) is 5.23. The van der Waals surface area contributed by atoms with Gasteiger partial charge < -0.3 is 9.64 Å². The molecule has 1 saturated heterocycles. The highest BCUT2D eigenvalue weighted by Gasteiger charge is 2.20. The van der Waals surface area contributed by atoms with Gasteiger partial charge >= 0.3 is 0 Å². The van der Waals surface area contributed by atoms with Gasteiger partial charge in [-0.3, -0.25) is 4.79 Å². The summed E-state index contributed by atoms with van der Waals surface area (Å²) in [4.78, 5) is 13.4. The second-order valence-electron chi connectivity index (χ2n) is 4.38. The van der Waals surface area contributed by atoms with Crippen molar-refractivity contribution in [3.8, 4) is 0 Å². The zero-order valence-corrected chi connectivity index (χ0v) is 10.2. The molecule has 0 aliphatic carbocycles. The van der Waals surface area contributed by atoms with Gasteiger partial charge in [0.15, 0.2) is 0 Å². The van der Waals surface area contributed by atoms with Gasteiger partial charge in [-0.25, -0.2) is 5.10 Å². The maximum Gasteiger partial charge on any atom is 0.266 e. The number of aromatic amines is 1. The van der Waals surface area contributed by atoms with Crippen LogP contribution in [-0.2, 0) is 4.74 Å². The number of rotatable bonds is 4. The molecular formula is C12H19N3O2. The van der Waals surface area contributed by atoms with Gasteiger partial charge in [-0.15, -0.1) is 0 Å². The van der Waals surface area contributed by atoms with E-state index >= 15 is 0 Å². The highest BCUT2D eigenvalue weighted by Crippen LogP contribution is 2.19. The van der Waals surface area contributed by atoms with Crippen molar-refractivity contribution in [2.24, 2.45) is 0 Å². The van der Waals surface area contributed by atoms with E-state index in [0.29, 0.717) is 0 Å². The van der Waals surface area contributed by atoms with Crippen LogP contribution in [-0.4, -0.2) is 36.0 Å². The first-order chi connectivity index (χ1) is 8.29. The van der Waals surface area contributed by atoms with Gasteiger partial charge in [-0.05, 0) is 19.3 Å². The Bertz CT molecular complexity index is 405.